The van der Waals surface area contributed by atoms with E-state index in [1.54, 1.807) is 25.3 Å². The van der Waals surface area contributed by atoms with Gasteiger partial charge in [-0.1, -0.05) is 12.1 Å². The zero-order valence-electron chi connectivity index (χ0n) is 18.5. The second kappa shape index (κ2) is 11.6. The van der Waals surface area contributed by atoms with Crippen molar-refractivity contribution in [2.45, 2.75) is 39.0 Å². The topological polar surface area (TPSA) is 96.5 Å². The first kappa shape index (κ1) is 23.7. The number of hydrogen-bond acceptors (Lipinski definition) is 5. The summed E-state index contributed by atoms with van der Waals surface area (Å²) in [4.78, 5) is 37.8. The van der Waals surface area contributed by atoms with Gasteiger partial charge in [-0.05, 0) is 61.4 Å². The number of thiophene rings is 1. The van der Waals surface area contributed by atoms with Gasteiger partial charge in [0.25, 0.3) is 5.91 Å². The highest BCUT2D eigenvalue weighted by Crippen LogP contribution is 2.38. The Hall–Kier alpha value is -2.97. The molecule has 3 amide bonds. The van der Waals surface area contributed by atoms with Crippen LogP contribution in [0.4, 0.5) is 10.7 Å². The highest BCUT2D eigenvalue weighted by atomic mass is 32.1. The Morgan fingerprint density at radius 1 is 1.09 bits per heavy atom. The van der Waals surface area contributed by atoms with E-state index >= 15 is 0 Å². The Morgan fingerprint density at radius 3 is 2.56 bits per heavy atom. The molecule has 170 valence electrons. The summed E-state index contributed by atoms with van der Waals surface area (Å²) in [5.74, 6) is -0.568. The lowest BCUT2D eigenvalue weighted by Gasteiger charge is -2.13. The van der Waals surface area contributed by atoms with Crippen LogP contribution in [-0.2, 0) is 27.2 Å². The van der Waals surface area contributed by atoms with Gasteiger partial charge >= 0.3 is 0 Å². The number of hydrogen-bond donors (Lipinski definition) is 3. The van der Waals surface area contributed by atoms with Gasteiger partial charge in [-0.3, -0.25) is 14.4 Å². The number of rotatable bonds is 9. The molecule has 3 N–H and O–H groups in total. The third kappa shape index (κ3) is 6.51. The number of amides is 3. The van der Waals surface area contributed by atoms with Gasteiger partial charge in [0.05, 0.1) is 5.56 Å². The normalized spacial score (nSPS) is 12.9. The van der Waals surface area contributed by atoms with Crippen molar-refractivity contribution in [2.75, 3.05) is 30.9 Å². The van der Waals surface area contributed by atoms with Crippen LogP contribution in [0, 0.1) is 0 Å². The van der Waals surface area contributed by atoms with Gasteiger partial charge in [0.2, 0.25) is 11.8 Å². The minimum absolute atomic E-state index is 0.134. The van der Waals surface area contributed by atoms with E-state index in [9.17, 15) is 14.4 Å². The lowest BCUT2D eigenvalue weighted by Crippen LogP contribution is -2.27. The van der Waals surface area contributed by atoms with E-state index in [0.717, 1.165) is 43.2 Å². The molecular formula is C24H29N3O4S. The fourth-order valence-electron chi connectivity index (χ4n) is 3.61. The summed E-state index contributed by atoms with van der Waals surface area (Å²) >= 11 is 1.50. The van der Waals surface area contributed by atoms with Gasteiger partial charge < -0.3 is 20.7 Å². The Bertz CT molecular complexity index is 995. The van der Waals surface area contributed by atoms with Gasteiger partial charge in [0.15, 0.2) is 0 Å². The van der Waals surface area contributed by atoms with Gasteiger partial charge in [-0.15, -0.1) is 11.3 Å². The minimum Gasteiger partial charge on any atom is -0.385 e. The van der Waals surface area contributed by atoms with Crippen molar-refractivity contribution in [3.8, 4) is 0 Å². The fourth-order valence-corrected chi connectivity index (χ4v) is 4.90. The van der Waals surface area contributed by atoms with Crippen molar-refractivity contribution in [3.63, 3.8) is 0 Å². The molecule has 0 fully saturated rings. The number of ether oxygens (including phenoxy) is 1. The van der Waals surface area contributed by atoms with Crippen LogP contribution in [0.2, 0.25) is 0 Å². The van der Waals surface area contributed by atoms with Gasteiger partial charge in [0, 0.05) is 43.8 Å². The molecule has 0 radical (unpaired) electrons. The molecule has 0 bridgehead atoms. The standard InChI is InChI=1S/C24H29N3O4S/c1-16(28)26-18-11-8-17(9-12-18)10-13-21(29)27-24-22(23(30)25-14-5-15-31-2)19-6-3-4-7-20(19)32-24/h8-13H,3-7,14-15H2,1-2H3,(H,25,30)(H,26,28)(H,27,29)/b13-10+. The average Bonchev–Trinajstić information content (AvgIpc) is 3.13. The molecule has 2 aromatic rings. The first-order valence-electron chi connectivity index (χ1n) is 10.8. The maximum Gasteiger partial charge on any atom is 0.254 e. The SMILES string of the molecule is COCCCNC(=O)c1c(NC(=O)/C=C/c2ccc(NC(C)=O)cc2)sc2c1CCCC2. The van der Waals surface area contributed by atoms with Crippen LogP contribution in [0.15, 0.2) is 30.3 Å². The van der Waals surface area contributed by atoms with E-state index < -0.39 is 0 Å². The van der Waals surface area contributed by atoms with Crippen LogP contribution in [0.5, 0.6) is 0 Å². The van der Waals surface area contributed by atoms with Crippen molar-refractivity contribution < 1.29 is 19.1 Å². The molecule has 0 unspecified atom stereocenters. The maximum absolute atomic E-state index is 12.9. The molecule has 0 saturated heterocycles. The number of carbonyl (C=O) groups is 3. The second-order valence-corrected chi connectivity index (χ2v) is 8.75. The van der Waals surface area contributed by atoms with E-state index in [0.29, 0.717) is 29.4 Å². The molecule has 0 saturated carbocycles. The molecule has 1 aromatic heterocycles. The van der Waals surface area contributed by atoms with Crippen LogP contribution in [-0.4, -0.2) is 38.0 Å². The van der Waals surface area contributed by atoms with Crippen LogP contribution < -0.4 is 16.0 Å². The number of benzene rings is 1. The third-order valence-corrected chi connectivity index (χ3v) is 6.31. The summed E-state index contributed by atoms with van der Waals surface area (Å²) in [7, 11) is 1.63. The van der Waals surface area contributed by atoms with E-state index in [1.807, 2.05) is 12.1 Å². The number of anilines is 2. The largest absolute Gasteiger partial charge is 0.385 e. The summed E-state index contributed by atoms with van der Waals surface area (Å²) in [6, 6.07) is 7.19. The van der Waals surface area contributed by atoms with Crippen LogP contribution in [0.25, 0.3) is 6.08 Å². The fraction of sp³-hybridized carbons (Fsp3) is 0.375. The van der Waals surface area contributed by atoms with Gasteiger partial charge in [-0.25, -0.2) is 0 Å². The Kier molecular flexibility index (Phi) is 8.58. The monoisotopic (exact) mass is 455 g/mol. The van der Waals surface area contributed by atoms with Crippen LogP contribution in [0.3, 0.4) is 0 Å². The first-order chi connectivity index (χ1) is 15.5. The number of aryl methyl sites for hydroxylation is 1. The van der Waals surface area contributed by atoms with Crippen molar-refractivity contribution in [2.24, 2.45) is 0 Å². The average molecular weight is 456 g/mol. The number of fused-ring (bicyclic) bond motifs is 1. The molecule has 32 heavy (non-hydrogen) atoms. The summed E-state index contributed by atoms with van der Waals surface area (Å²) in [5.41, 5.74) is 3.20. The zero-order valence-corrected chi connectivity index (χ0v) is 19.3. The highest BCUT2D eigenvalue weighted by Gasteiger charge is 2.25. The molecule has 1 aliphatic carbocycles. The molecule has 0 aliphatic heterocycles. The van der Waals surface area contributed by atoms with Crippen molar-refractivity contribution in [3.05, 3.63) is 51.9 Å². The van der Waals surface area contributed by atoms with E-state index in [1.165, 1.54) is 29.2 Å². The number of methoxy groups -OCH3 is 1. The lowest BCUT2D eigenvalue weighted by atomic mass is 9.95. The molecule has 1 aromatic carbocycles. The van der Waals surface area contributed by atoms with Crippen molar-refractivity contribution in [1.82, 2.24) is 5.32 Å². The van der Waals surface area contributed by atoms with Gasteiger partial charge in [0.1, 0.15) is 5.00 Å². The van der Waals surface area contributed by atoms with E-state index in [-0.39, 0.29) is 17.7 Å². The molecule has 1 heterocycles. The predicted molar refractivity (Wildman–Crippen MR) is 128 cm³/mol. The molecule has 7 nitrogen and oxygen atoms in total. The van der Waals surface area contributed by atoms with E-state index in [4.69, 9.17) is 4.74 Å². The molecule has 0 spiro atoms. The Balaban J connectivity index is 1.69. The third-order valence-electron chi connectivity index (χ3n) is 5.10. The molecule has 0 atom stereocenters. The Labute approximate surface area is 192 Å². The van der Waals surface area contributed by atoms with Crippen molar-refractivity contribution >= 4 is 45.8 Å². The first-order valence-corrected chi connectivity index (χ1v) is 11.6. The molecule has 3 rings (SSSR count). The van der Waals surface area contributed by atoms with Crippen LogP contribution >= 0.6 is 11.3 Å². The van der Waals surface area contributed by atoms with Crippen LogP contribution in [0.1, 0.15) is 52.5 Å². The Morgan fingerprint density at radius 2 is 1.84 bits per heavy atom. The molecule has 8 heteroatoms. The minimum atomic E-state index is -0.289. The smallest absolute Gasteiger partial charge is 0.254 e. The summed E-state index contributed by atoms with van der Waals surface area (Å²) in [6.45, 7) is 2.57. The maximum atomic E-state index is 12.9. The molecule has 1 aliphatic rings. The molecular weight excluding hydrogens is 426 g/mol. The highest BCUT2D eigenvalue weighted by molar-refractivity contribution is 7.17. The lowest BCUT2D eigenvalue weighted by molar-refractivity contribution is -0.114. The summed E-state index contributed by atoms with van der Waals surface area (Å²) < 4.78 is 5.04. The summed E-state index contributed by atoms with van der Waals surface area (Å²) in [6.07, 6.45) is 7.84. The second-order valence-electron chi connectivity index (χ2n) is 7.64. The quantitative estimate of drug-likeness (QED) is 0.393. The van der Waals surface area contributed by atoms with Crippen molar-refractivity contribution in [1.29, 1.82) is 0 Å². The van der Waals surface area contributed by atoms with Gasteiger partial charge in [-0.2, -0.15) is 0 Å². The number of carbonyl (C=O) groups excluding carboxylic acids is 3. The zero-order chi connectivity index (χ0) is 22.9. The number of nitrogens with one attached hydrogen (secondary N) is 3. The predicted octanol–water partition coefficient (Wildman–Crippen LogP) is 4.00. The summed E-state index contributed by atoms with van der Waals surface area (Å²) in [5, 5.41) is 9.17. The van der Waals surface area contributed by atoms with E-state index in [2.05, 4.69) is 16.0 Å².